The van der Waals surface area contributed by atoms with Gasteiger partial charge >= 0.3 is 0 Å². The second-order valence-corrected chi connectivity index (χ2v) is 7.22. The van der Waals surface area contributed by atoms with Gasteiger partial charge in [0.25, 0.3) is 0 Å². The van der Waals surface area contributed by atoms with Crippen molar-refractivity contribution in [1.29, 1.82) is 0 Å². The van der Waals surface area contributed by atoms with Crippen molar-refractivity contribution in [2.45, 2.75) is 36.5 Å². The van der Waals surface area contributed by atoms with Gasteiger partial charge in [-0.05, 0) is 44.5 Å². The van der Waals surface area contributed by atoms with Gasteiger partial charge < -0.3 is 0 Å². The Labute approximate surface area is 131 Å². The maximum atomic E-state index is 4.25. The molecule has 112 valence electrons. The lowest BCUT2D eigenvalue weighted by Crippen LogP contribution is -2.34. The lowest BCUT2D eigenvalue weighted by Gasteiger charge is -2.31. The van der Waals surface area contributed by atoms with Crippen molar-refractivity contribution in [2.75, 3.05) is 13.1 Å². The first-order valence-electron chi connectivity index (χ1n) is 7.63. The first kappa shape index (κ1) is 14.7. The Balaban J connectivity index is 1.50. The van der Waals surface area contributed by atoms with Crippen LogP contribution in [0.5, 0.6) is 0 Å². The minimum atomic E-state index is 0.760. The lowest BCUT2D eigenvalue weighted by atomic mass is 10.1. The summed E-state index contributed by atoms with van der Waals surface area (Å²) in [5.41, 5.74) is 2.72. The molecule has 1 aromatic carbocycles. The molecule has 0 radical (unpaired) electrons. The van der Waals surface area contributed by atoms with Crippen LogP contribution >= 0.6 is 11.8 Å². The topological polar surface area (TPSA) is 21.1 Å². The number of benzene rings is 1. The summed E-state index contributed by atoms with van der Waals surface area (Å²) in [5.74, 6) is 0. The molecule has 1 aliphatic heterocycles. The van der Waals surface area contributed by atoms with Crippen molar-refractivity contribution in [2.24, 2.45) is 7.05 Å². The molecule has 0 saturated carbocycles. The lowest BCUT2D eigenvalue weighted by molar-refractivity contribution is 0.225. The Hall–Kier alpha value is -1.26. The van der Waals surface area contributed by atoms with Crippen molar-refractivity contribution in [3.63, 3.8) is 0 Å². The first-order valence-corrected chi connectivity index (χ1v) is 8.51. The fourth-order valence-electron chi connectivity index (χ4n) is 2.87. The van der Waals surface area contributed by atoms with Crippen LogP contribution in [0.15, 0.2) is 41.6 Å². The zero-order valence-electron chi connectivity index (χ0n) is 12.8. The summed E-state index contributed by atoms with van der Waals surface area (Å²) in [7, 11) is 1.98. The van der Waals surface area contributed by atoms with Crippen LogP contribution < -0.4 is 0 Å². The monoisotopic (exact) mass is 301 g/mol. The zero-order chi connectivity index (χ0) is 14.7. The number of aromatic nitrogens is 2. The summed E-state index contributed by atoms with van der Waals surface area (Å²) in [4.78, 5) is 3.99. The Morgan fingerprint density at radius 1 is 1.24 bits per heavy atom. The number of nitrogens with zero attached hydrogens (tertiary/aromatic N) is 3. The molecule has 0 N–H and O–H groups in total. The van der Waals surface area contributed by atoms with Crippen LogP contribution in [0.4, 0.5) is 0 Å². The average molecular weight is 301 g/mol. The molecule has 2 heterocycles. The minimum absolute atomic E-state index is 0.760. The Bertz CT molecular complexity index is 585. The summed E-state index contributed by atoms with van der Waals surface area (Å²) >= 11 is 2.06. The standard InChI is InChI=1S/C17H23N3S/c1-14-5-3-4-6-17(14)21-16-7-9-20(10-8-16)13-15-11-18-19(2)12-15/h3-6,11-12,16H,7-10,13H2,1-2H3. The van der Waals surface area contributed by atoms with Gasteiger partial charge in [0, 0.05) is 35.5 Å². The minimum Gasteiger partial charge on any atom is -0.299 e. The molecule has 3 rings (SSSR count). The molecule has 1 fully saturated rings. The molecule has 21 heavy (non-hydrogen) atoms. The molecule has 0 spiro atoms. The van der Waals surface area contributed by atoms with Crippen LogP contribution in [0, 0.1) is 6.92 Å². The van der Waals surface area contributed by atoms with Gasteiger partial charge in [0.15, 0.2) is 0 Å². The molecule has 1 aliphatic rings. The summed E-state index contributed by atoms with van der Waals surface area (Å²) in [6.45, 7) is 5.63. The van der Waals surface area contributed by atoms with E-state index in [9.17, 15) is 0 Å². The Kier molecular flexibility index (Phi) is 4.66. The van der Waals surface area contributed by atoms with E-state index in [1.54, 1.807) is 0 Å². The van der Waals surface area contributed by atoms with Crippen molar-refractivity contribution >= 4 is 11.8 Å². The third-order valence-electron chi connectivity index (χ3n) is 4.09. The number of hydrogen-bond donors (Lipinski definition) is 0. The smallest absolute Gasteiger partial charge is 0.0534 e. The van der Waals surface area contributed by atoms with E-state index >= 15 is 0 Å². The van der Waals surface area contributed by atoms with Crippen LogP contribution in [-0.2, 0) is 13.6 Å². The largest absolute Gasteiger partial charge is 0.299 e. The zero-order valence-corrected chi connectivity index (χ0v) is 13.6. The van der Waals surface area contributed by atoms with Gasteiger partial charge in [-0.1, -0.05) is 18.2 Å². The molecule has 2 aromatic rings. The van der Waals surface area contributed by atoms with Gasteiger partial charge in [-0.25, -0.2) is 0 Å². The van der Waals surface area contributed by atoms with Gasteiger partial charge in [0.2, 0.25) is 0 Å². The number of likely N-dealkylation sites (tertiary alicyclic amines) is 1. The summed E-state index contributed by atoms with van der Waals surface area (Å²) < 4.78 is 1.89. The molecule has 0 unspecified atom stereocenters. The molecule has 0 atom stereocenters. The maximum Gasteiger partial charge on any atom is 0.0534 e. The van der Waals surface area contributed by atoms with Gasteiger partial charge in [-0.15, -0.1) is 11.8 Å². The van der Waals surface area contributed by atoms with Gasteiger partial charge in [0.05, 0.1) is 6.20 Å². The van der Waals surface area contributed by atoms with Crippen LogP contribution in [-0.4, -0.2) is 33.0 Å². The first-order chi connectivity index (χ1) is 10.2. The predicted molar refractivity (Wildman–Crippen MR) is 88.5 cm³/mol. The van der Waals surface area contributed by atoms with Crippen molar-refractivity contribution in [3.8, 4) is 0 Å². The third kappa shape index (κ3) is 3.89. The molecule has 0 aliphatic carbocycles. The van der Waals surface area contributed by atoms with E-state index < -0.39 is 0 Å². The summed E-state index contributed by atoms with van der Waals surface area (Å²) in [6, 6.07) is 8.73. The van der Waals surface area contributed by atoms with Crippen LogP contribution in [0.3, 0.4) is 0 Å². The molecule has 4 heteroatoms. The van der Waals surface area contributed by atoms with Gasteiger partial charge in [0.1, 0.15) is 0 Å². The van der Waals surface area contributed by atoms with Crippen molar-refractivity contribution in [1.82, 2.24) is 14.7 Å². The highest BCUT2D eigenvalue weighted by Gasteiger charge is 2.20. The number of aryl methyl sites for hydroxylation is 2. The van der Waals surface area contributed by atoms with Crippen molar-refractivity contribution in [3.05, 3.63) is 47.8 Å². The molecular formula is C17H23N3S. The van der Waals surface area contributed by atoms with E-state index in [0.29, 0.717) is 0 Å². The molecule has 0 amide bonds. The van der Waals surface area contributed by atoms with E-state index in [0.717, 1.165) is 11.8 Å². The fraction of sp³-hybridized carbons (Fsp3) is 0.471. The second kappa shape index (κ2) is 6.67. The van der Waals surface area contributed by atoms with Crippen LogP contribution in [0.2, 0.25) is 0 Å². The van der Waals surface area contributed by atoms with E-state index in [1.165, 1.54) is 42.0 Å². The highest BCUT2D eigenvalue weighted by Crippen LogP contribution is 2.32. The van der Waals surface area contributed by atoms with E-state index in [1.807, 2.05) is 17.9 Å². The summed E-state index contributed by atoms with van der Waals surface area (Å²) in [5, 5.41) is 5.01. The number of thioether (sulfide) groups is 1. The molecule has 1 saturated heterocycles. The highest BCUT2D eigenvalue weighted by molar-refractivity contribution is 8.00. The summed E-state index contributed by atoms with van der Waals surface area (Å²) in [6.07, 6.45) is 6.65. The van der Waals surface area contributed by atoms with E-state index in [-0.39, 0.29) is 0 Å². The van der Waals surface area contributed by atoms with E-state index in [4.69, 9.17) is 0 Å². The molecular weight excluding hydrogens is 278 g/mol. The van der Waals surface area contributed by atoms with E-state index in [2.05, 4.69) is 59.1 Å². The number of piperidine rings is 1. The Morgan fingerprint density at radius 3 is 2.67 bits per heavy atom. The fourth-order valence-corrected chi connectivity index (χ4v) is 4.08. The predicted octanol–water partition coefficient (Wildman–Crippen LogP) is 3.49. The highest BCUT2D eigenvalue weighted by atomic mass is 32.2. The van der Waals surface area contributed by atoms with Gasteiger partial charge in [-0.3, -0.25) is 9.58 Å². The van der Waals surface area contributed by atoms with Crippen LogP contribution in [0.1, 0.15) is 24.0 Å². The second-order valence-electron chi connectivity index (χ2n) is 5.88. The van der Waals surface area contributed by atoms with Crippen LogP contribution in [0.25, 0.3) is 0 Å². The third-order valence-corrected chi connectivity index (χ3v) is 5.60. The number of hydrogen-bond acceptors (Lipinski definition) is 3. The Morgan fingerprint density at radius 2 is 2.00 bits per heavy atom. The molecule has 0 bridgehead atoms. The number of rotatable bonds is 4. The normalized spacial score (nSPS) is 17.2. The van der Waals surface area contributed by atoms with Gasteiger partial charge in [-0.2, -0.15) is 5.10 Å². The molecule has 3 nitrogen and oxygen atoms in total. The SMILES string of the molecule is Cc1ccccc1SC1CCN(Cc2cnn(C)c2)CC1. The molecule has 1 aromatic heterocycles. The quantitative estimate of drug-likeness (QED) is 0.862. The maximum absolute atomic E-state index is 4.25. The van der Waals surface area contributed by atoms with Crippen molar-refractivity contribution < 1.29 is 0 Å². The average Bonchev–Trinajstić information content (AvgIpc) is 2.89.